The van der Waals surface area contributed by atoms with Crippen LogP contribution in [0.15, 0.2) is 27.9 Å². The number of alkyl halides is 3. The number of anilines is 1. The van der Waals surface area contributed by atoms with Crippen molar-refractivity contribution in [1.29, 1.82) is 0 Å². The highest BCUT2D eigenvalue weighted by molar-refractivity contribution is 5.79. The first-order valence-electron chi connectivity index (χ1n) is 13.3. The van der Waals surface area contributed by atoms with E-state index in [2.05, 4.69) is 9.97 Å². The van der Waals surface area contributed by atoms with Gasteiger partial charge >= 0.3 is 6.18 Å². The van der Waals surface area contributed by atoms with Gasteiger partial charge in [0.2, 0.25) is 5.95 Å². The Morgan fingerprint density at radius 2 is 1.74 bits per heavy atom. The molecule has 206 valence electrons. The minimum absolute atomic E-state index is 0.0432. The molecule has 1 saturated heterocycles. The van der Waals surface area contributed by atoms with Gasteiger partial charge in [-0.15, -0.1) is 0 Å². The monoisotopic (exact) mass is 542 g/mol. The third-order valence-electron chi connectivity index (χ3n) is 9.09. The van der Waals surface area contributed by atoms with Crippen LogP contribution in [-0.4, -0.2) is 49.5 Å². The summed E-state index contributed by atoms with van der Waals surface area (Å²) in [6.45, 7) is 4.43. The van der Waals surface area contributed by atoms with Crippen molar-refractivity contribution in [2.75, 3.05) is 18.0 Å². The van der Waals surface area contributed by atoms with E-state index in [1.165, 1.54) is 4.57 Å². The second kappa shape index (κ2) is 7.89. The molecule has 0 N–H and O–H groups in total. The Morgan fingerprint density at radius 3 is 2.41 bits per heavy atom. The third kappa shape index (κ3) is 3.59. The second-order valence-electron chi connectivity index (χ2n) is 12.0. The zero-order chi connectivity index (χ0) is 27.5. The first-order chi connectivity index (χ1) is 18.4. The van der Waals surface area contributed by atoms with Gasteiger partial charge in [-0.05, 0) is 57.6 Å². The van der Waals surface area contributed by atoms with Gasteiger partial charge < -0.3 is 14.2 Å². The number of rotatable bonds is 4. The fourth-order valence-corrected chi connectivity index (χ4v) is 6.74. The molecule has 0 radical (unpaired) electrons. The molecule has 5 fully saturated rings. The standard InChI is InChI=1S/C27H29F3N6O3/c1-14-8-35(10-18(39-14)16-4-7-19(37)36(9-16)17-5-6-17)24-32-21-20(31-15(2)34(3)23(21)38)22(33-24)25-11-26(12-25,13-25)27(28,29)30/h4,7,9,14,17-18H,5-6,8,10-13H2,1-3H3. The van der Waals surface area contributed by atoms with Crippen LogP contribution < -0.4 is 16.0 Å². The smallest absolute Gasteiger partial charge is 0.367 e. The predicted molar refractivity (Wildman–Crippen MR) is 136 cm³/mol. The highest BCUT2D eigenvalue weighted by Gasteiger charge is 2.79. The fourth-order valence-electron chi connectivity index (χ4n) is 6.74. The molecule has 2 bridgehead atoms. The summed E-state index contributed by atoms with van der Waals surface area (Å²) in [6.07, 6.45) is -1.17. The predicted octanol–water partition coefficient (Wildman–Crippen LogP) is 3.48. The van der Waals surface area contributed by atoms with E-state index in [4.69, 9.17) is 9.72 Å². The molecule has 2 unspecified atom stereocenters. The van der Waals surface area contributed by atoms with E-state index in [0.717, 1.165) is 18.4 Å². The van der Waals surface area contributed by atoms with Gasteiger partial charge in [0.05, 0.1) is 23.8 Å². The van der Waals surface area contributed by atoms with Crippen LogP contribution in [0.25, 0.3) is 11.0 Å². The van der Waals surface area contributed by atoms with Crippen LogP contribution in [0.2, 0.25) is 0 Å². The van der Waals surface area contributed by atoms with Crippen molar-refractivity contribution in [3.63, 3.8) is 0 Å². The van der Waals surface area contributed by atoms with Crippen LogP contribution in [0, 0.1) is 12.3 Å². The topological polar surface area (TPSA) is 95.1 Å². The molecule has 0 aromatic carbocycles. The molecule has 5 aliphatic rings. The molecule has 8 rings (SSSR count). The first kappa shape index (κ1) is 24.7. The van der Waals surface area contributed by atoms with Gasteiger partial charge in [0.25, 0.3) is 11.1 Å². The second-order valence-corrected chi connectivity index (χ2v) is 12.0. The molecule has 3 aromatic rings. The van der Waals surface area contributed by atoms with Gasteiger partial charge in [-0.25, -0.2) is 15.0 Å². The molecule has 12 heteroatoms. The lowest BCUT2D eigenvalue weighted by Gasteiger charge is -2.70. The maximum atomic E-state index is 13.7. The summed E-state index contributed by atoms with van der Waals surface area (Å²) in [5.74, 6) is 0.745. The largest absolute Gasteiger partial charge is 0.394 e. The highest BCUT2D eigenvalue weighted by atomic mass is 19.4. The van der Waals surface area contributed by atoms with Gasteiger partial charge in [0, 0.05) is 37.3 Å². The Kier molecular flexibility index (Phi) is 5.01. The SMILES string of the molecule is Cc1nc2c(C34CC(C(F)(F)F)(C3)C4)nc(N3CC(C)OC(c4ccc(=O)n(C5CC5)c4)C3)nc2c(=O)n1C. The van der Waals surface area contributed by atoms with E-state index in [9.17, 15) is 22.8 Å². The van der Waals surface area contributed by atoms with E-state index in [0.29, 0.717) is 36.1 Å². The number of hydrogen-bond acceptors (Lipinski definition) is 7. The lowest BCUT2D eigenvalue weighted by molar-refractivity contribution is -0.337. The normalized spacial score (nSPS) is 30.3. The number of nitrogens with zero attached hydrogens (tertiary/aromatic N) is 6. The molecule has 3 aromatic heterocycles. The maximum absolute atomic E-state index is 13.7. The molecule has 0 spiro atoms. The number of hydrogen-bond donors (Lipinski definition) is 0. The summed E-state index contributed by atoms with van der Waals surface area (Å²) in [4.78, 5) is 41.6. The molecule has 0 amide bonds. The van der Waals surface area contributed by atoms with Crippen molar-refractivity contribution in [3.8, 4) is 0 Å². The Labute approximate surface area is 221 Å². The zero-order valence-corrected chi connectivity index (χ0v) is 22.0. The average Bonchev–Trinajstić information content (AvgIpc) is 3.65. The van der Waals surface area contributed by atoms with Crippen LogP contribution in [-0.2, 0) is 17.2 Å². The Bertz CT molecular complexity index is 1620. The average molecular weight is 543 g/mol. The number of halogens is 3. The van der Waals surface area contributed by atoms with Gasteiger partial charge in [0.1, 0.15) is 17.4 Å². The molecule has 1 aliphatic heterocycles. The van der Waals surface area contributed by atoms with Gasteiger partial charge in [0.15, 0.2) is 5.52 Å². The molecule has 4 heterocycles. The quantitative estimate of drug-likeness (QED) is 0.498. The lowest BCUT2D eigenvalue weighted by Crippen LogP contribution is -2.70. The number of ether oxygens (including phenoxy) is 1. The van der Waals surface area contributed by atoms with Crippen molar-refractivity contribution in [3.05, 3.63) is 56.1 Å². The first-order valence-corrected chi connectivity index (χ1v) is 13.3. The van der Waals surface area contributed by atoms with E-state index in [1.807, 2.05) is 18.0 Å². The van der Waals surface area contributed by atoms with E-state index in [-0.39, 0.29) is 54.1 Å². The molecule has 39 heavy (non-hydrogen) atoms. The Balaban J connectivity index is 1.29. The number of fused-ring (bicyclic) bond motifs is 1. The Morgan fingerprint density at radius 1 is 1.03 bits per heavy atom. The summed E-state index contributed by atoms with van der Waals surface area (Å²) in [7, 11) is 1.60. The van der Waals surface area contributed by atoms with Crippen molar-refractivity contribution >= 4 is 17.0 Å². The van der Waals surface area contributed by atoms with Crippen LogP contribution >= 0.6 is 0 Å². The molecule has 4 saturated carbocycles. The van der Waals surface area contributed by atoms with Gasteiger partial charge in [-0.2, -0.15) is 13.2 Å². The van der Waals surface area contributed by atoms with Gasteiger partial charge in [-0.3, -0.25) is 14.2 Å². The van der Waals surface area contributed by atoms with E-state index < -0.39 is 17.0 Å². The highest BCUT2D eigenvalue weighted by Crippen LogP contribution is 2.78. The van der Waals surface area contributed by atoms with E-state index >= 15 is 0 Å². The number of pyridine rings is 1. The van der Waals surface area contributed by atoms with E-state index in [1.54, 1.807) is 30.7 Å². The zero-order valence-electron chi connectivity index (χ0n) is 22.0. The lowest BCUT2D eigenvalue weighted by atomic mass is 9.34. The summed E-state index contributed by atoms with van der Waals surface area (Å²) in [6, 6.07) is 3.55. The minimum Gasteiger partial charge on any atom is -0.367 e. The molecule has 9 nitrogen and oxygen atoms in total. The molecule has 2 atom stereocenters. The minimum atomic E-state index is -4.26. The van der Waals surface area contributed by atoms with Crippen molar-refractivity contribution in [2.24, 2.45) is 12.5 Å². The maximum Gasteiger partial charge on any atom is 0.394 e. The van der Waals surface area contributed by atoms with Gasteiger partial charge in [-0.1, -0.05) is 0 Å². The van der Waals surface area contributed by atoms with Crippen molar-refractivity contribution < 1.29 is 17.9 Å². The third-order valence-corrected chi connectivity index (χ3v) is 9.09. The van der Waals surface area contributed by atoms with Crippen LogP contribution in [0.5, 0.6) is 0 Å². The molecule has 4 aliphatic carbocycles. The Hall–Kier alpha value is -3.28. The summed E-state index contributed by atoms with van der Waals surface area (Å²) in [5.41, 5.74) is -1.11. The fraction of sp³-hybridized carbons (Fsp3) is 0.593. The summed E-state index contributed by atoms with van der Waals surface area (Å²) >= 11 is 0. The number of morpholine rings is 1. The number of aryl methyl sites for hydroxylation is 1. The van der Waals surface area contributed by atoms with Crippen LogP contribution in [0.1, 0.15) is 68.3 Å². The summed E-state index contributed by atoms with van der Waals surface area (Å²) < 4.78 is 50.4. The number of aromatic nitrogens is 5. The van der Waals surface area contributed by atoms with Crippen LogP contribution in [0.3, 0.4) is 0 Å². The van der Waals surface area contributed by atoms with Crippen molar-refractivity contribution in [1.82, 2.24) is 24.1 Å². The van der Waals surface area contributed by atoms with Crippen molar-refractivity contribution in [2.45, 2.75) is 75.8 Å². The molecular weight excluding hydrogens is 513 g/mol. The molecular formula is C27H29F3N6O3. The summed E-state index contributed by atoms with van der Waals surface area (Å²) in [5, 5.41) is 0. The van der Waals surface area contributed by atoms with Crippen LogP contribution in [0.4, 0.5) is 19.1 Å².